The summed E-state index contributed by atoms with van der Waals surface area (Å²) in [4.78, 5) is 19.2. The molecule has 0 spiro atoms. The highest BCUT2D eigenvalue weighted by molar-refractivity contribution is 7.89. The summed E-state index contributed by atoms with van der Waals surface area (Å²) in [6.07, 6.45) is 6.92. The Morgan fingerprint density at radius 1 is 1.19 bits per heavy atom. The van der Waals surface area contributed by atoms with Crippen LogP contribution in [0.1, 0.15) is 58.2 Å². The number of halogens is 1. The van der Waals surface area contributed by atoms with Crippen LogP contribution >= 0.6 is 0 Å². The normalized spacial score (nSPS) is 12.0. The number of unbranched alkanes of at least 4 members (excludes halogenated alkanes) is 2. The van der Waals surface area contributed by atoms with Crippen LogP contribution in [0.4, 0.5) is 10.1 Å². The quantitative estimate of drug-likeness (QED) is 0.246. The van der Waals surface area contributed by atoms with Crippen molar-refractivity contribution in [3.05, 3.63) is 60.5 Å². The van der Waals surface area contributed by atoms with Gasteiger partial charge < -0.3 is 9.42 Å². The average Bonchev–Trinajstić information content (AvgIpc) is 3.51. The molecule has 3 aromatic rings. The van der Waals surface area contributed by atoms with Gasteiger partial charge in [-0.3, -0.25) is 9.18 Å². The van der Waals surface area contributed by atoms with Gasteiger partial charge in [-0.2, -0.15) is 14.2 Å². The molecule has 2 heterocycles. The average molecular weight is 532 g/mol. The van der Waals surface area contributed by atoms with Gasteiger partial charge in [-0.05, 0) is 30.5 Å². The van der Waals surface area contributed by atoms with E-state index < -0.39 is 16.7 Å². The lowest BCUT2D eigenvalue weighted by Gasteiger charge is -2.24. The van der Waals surface area contributed by atoms with E-state index in [2.05, 4.69) is 21.8 Å². The molecule has 1 aromatic carbocycles. The van der Waals surface area contributed by atoms with E-state index in [9.17, 15) is 17.6 Å². The Bertz CT molecular complexity index is 1340. The number of alkyl halides is 1. The number of aromatic nitrogens is 4. The lowest BCUT2D eigenvalue weighted by Crippen LogP contribution is -2.33. The lowest BCUT2D eigenvalue weighted by atomic mass is 9.97. The second-order valence-electron chi connectivity index (χ2n) is 9.99. The van der Waals surface area contributed by atoms with Crippen LogP contribution < -0.4 is 4.90 Å². The highest BCUT2D eigenvalue weighted by atomic mass is 32.2. The van der Waals surface area contributed by atoms with E-state index in [-0.39, 0.29) is 23.3 Å². The first-order valence-corrected chi connectivity index (χ1v) is 14.0. The van der Waals surface area contributed by atoms with E-state index in [1.54, 1.807) is 23.1 Å². The molecule has 0 unspecified atom stereocenters. The van der Waals surface area contributed by atoms with E-state index in [0.29, 0.717) is 47.9 Å². The molecule has 11 heteroatoms. The second kappa shape index (κ2) is 11.8. The Labute approximate surface area is 217 Å². The Hall–Kier alpha value is -3.34. The van der Waals surface area contributed by atoms with Crippen LogP contribution in [0.15, 0.2) is 53.3 Å². The van der Waals surface area contributed by atoms with Gasteiger partial charge in [0.05, 0.1) is 25.3 Å². The minimum atomic E-state index is -3.51. The van der Waals surface area contributed by atoms with Crippen molar-refractivity contribution in [3.8, 4) is 11.1 Å². The van der Waals surface area contributed by atoms with Crippen molar-refractivity contribution in [2.75, 3.05) is 24.4 Å². The fourth-order valence-electron chi connectivity index (χ4n) is 3.64. The monoisotopic (exact) mass is 531 g/mol. The number of benzene rings is 1. The summed E-state index contributed by atoms with van der Waals surface area (Å²) in [5.74, 6) is 0.929. The van der Waals surface area contributed by atoms with Crippen molar-refractivity contribution in [2.24, 2.45) is 0 Å². The molecule has 0 bridgehead atoms. The van der Waals surface area contributed by atoms with E-state index in [1.165, 1.54) is 12.4 Å². The molecule has 2 aromatic heterocycles. The smallest absolute Gasteiger partial charge is 0.253 e. The molecule has 0 aliphatic rings. The SMILES string of the molecule is C=C(CCF)C(=O)N(CCCCCc1noc(C(C)(C)C)n1)c1cccc(-c2cnn(S(C)(=O)=O)c2)c1. The number of carbonyl (C=O) groups excluding carboxylic acids is 1. The molecule has 3 rings (SSSR count). The van der Waals surface area contributed by atoms with Crippen LogP contribution in [0.3, 0.4) is 0 Å². The molecular formula is C26H34FN5O4S. The van der Waals surface area contributed by atoms with Crippen molar-refractivity contribution in [1.29, 1.82) is 0 Å². The van der Waals surface area contributed by atoms with Gasteiger partial charge in [0, 0.05) is 41.6 Å². The predicted octanol–water partition coefficient (Wildman–Crippen LogP) is 4.70. The van der Waals surface area contributed by atoms with E-state index in [4.69, 9.17) is 4.52 Å². The third-order valence-electron chi connectivity index (χ3n) is 5.73. The topological polar surface area (TPSA) is 111 Å². The molecule has 0 N–H and O–H groups in total. The number of hydrogen-bond acceptors (Lipinski definition) is 7. The summed E-state index contributed by atoms with van der Waals surface area (Å²) in [6, 6.07) is 7.17. The molecule has 0 atom stereocenters. The first-order chi connectivity index (χ1) is 17.4. The molecule has 0 saturated heterocycles. The standard InChI is InChI=1S/C26H34FN5O4S/c1-19(13-14-27)24(33)31(15-8-6-7-12-23-29-25(36-30-23)26(2,3)4)22-11-9-10-20(16-22)21-17-28-32(18-21)37(5,34)35/h9-11,16-18H,1,6-8,12-15H2,2-5H3. The van der Waals surface area contributed by atoms with Gasteiger partial charge in [0.1, 0.15) is 0 Å². The minimum Gasteiger partial charge on any atom is -0.339 e. The van der Waals surface area contributed by atoms with Gasteiger partial charge in [-0.15, -0.1) is 0 Å². The minimum absolute atomic E-state index is 0.0376. The Kier molecular flexibility index (Phi) is 9.01. The maximum atomic E-state index is 13.1. The molecule has 0 radical (unpaired) electrons. The summed E-state index contributed by atoms with van der Waals surface area (Å²) in [5.41, 5.74) is 1.90. The van der Waals surface area contributed by atoms with Gasteiger partial charge >= 0.3 is 0 Å². The number of nitrogens with zero attached hydrogens (tertiary/aromatic N) is 5. The van der Waals surface area contributed by atoms with Crippen molar-refractivity contribution < 1.29 is 22.1 Å². The van der Waals surface area contributed by atoms with Crippen molar-refractivity contribution >= 4 is 21.6 Å². The van der Waals surface area contributed by atoms with Crippen molar-refractivity contribution in [2.45, 2.75) is 58.3 Å². The van der Waals surface area contributed by atoms with Crippen LogP contribution in [-0.4, -0.2) is 53.1 Å². The van der Waals surface area contributed by atoms with Gasteiger partial charge in [-0.25, -0.2) is 8.42 Å². The highest BCUT2D eigenvalue weighted by Gasteiger charge is 2.22. The third kappa shape index (κ3) is 7.58. The third-order valence-corrected chi connectivity index (χ3v) is 6.61. The predicted molar refractivity (Wildman–Crippen MR) is 141 cm³/mol. The first kappa shape index (κ1) is 28.2. The van der Waals surface area contributed by atoms with Gasteiger partial charge in [0.25, 0.3) is 15.9 Å². The highest BCUT2D eigenvalue weighted by Crippen LogP contribution is 2.27. The lowest BCUT2D eigenvalue weighted by molar-refractivity contribution is -0.115. The van der Waals surface area contributed by atoms with Crippen LogP contribution in [-0.2, 0) is 26.7 Å². The van der Waals surface area contributed by atoms with Crippen molar-refractivity contribution in [3.63, 3.8) is 0 Å². The molecule has 1 amide bonds. The summed E-state index contributed by atoms with van der Waals surface area (Å²) in [7, 11) is -3.51. The molecular weight excluding hydrogens is 497 g/mol. The Balaban J connectivity index is 1.71. The number of amides is 1. The van der Waals surface area contributed by atoms with Crippen LogP contribution in [0.5, 0.6) is 0 Å². The molecule has 0 fully saturated rings. The molecule has 0 saturated carbocycles. The molecule has 0 aliphatic carbocycles. The number of aryl methyl sites for hydroxylation is 1. The number of hydrogen-bond donors (Lipinski definition) is 0. The molecule has 200 valence electrons. The summed E-state index contributed by atoms with van der Waals surface area (Å²) in [6.45, 7) is 9.56. The number of anilines is 1. The summed E-state index contributed by atoms with van der Waals surface area (Å²) >= 11 is 0. The molecule has 9 nitrogen and oxygen atoms in total. The Morgan fingerprint density at radius 2 is 1.95 bits per heavy atom. The van der Waals surface area contributed by atoms with Gasteiger partial charge in [0.2, 0.25) is 5.89 Å². The Morgan fingerprint density at radius 3 is 2.57 bits per heavy atom. The van der Waals surface area contributed by atoms with Crippen LogP contribution in [0.2, 0.25) is 0 Å². The van der Waals surface area contributed by atoms with Gasteiger partial charge in [-0.1, -0.05) is 51.1 Å². The number of rotatable bonds is 12. The summed E-state index contributed by atoms with van der Waals surface area (Å²) < 4.78 is 42.7. The number of carbonyl (C=O) groups is 1. The maximum absolute atomic E-state index is 13.1. The van der Waals surface area contributed by atoms with Crippen LogP contribution in [0.25, 0.3) is 11.1 Å². The zero-order chi connectivity index (χ0) is 27.2. The molecule has 37 heavy (non-hydrogen) atoms. The van der Waals surface area contributed by atoms with Crippen molar-refractivity contribution in [1.82, 2.24) is 19.3 Å². The van der Waals surface area contributed by atoms with E-state index >= 15 is 0 Å². The van der Waals surface area contributed by atoms with Crippen LogP contribution in [0, 0.1) is 0 Å². The van der Waals surface area contributed by atoms with E-state index in [0.717, 1.165) is 23.2 Å². The largest absolute Gasteiger partial charge is 0.339 e. The summed E-state index contributed by atoms with van der Waals surface area (Å²) in [5, 5.41) is 7.96. The van der Waals surface area contributed by atoms with E-state index in [1.807, 2.05) is 26.8 Å². The first-order valence-electron chi connectivity index (χ1n) is 12.1. The fraction of sp³-hybridized carbons (Fsp3) is 0.462. The molecule has 0 aliphatic heterocycles. The zero-order valence-corrected chi connectivity index (χ0v) is 22.6. The zero-order valence-electron chi connectivity index (χ0n) is 21.8. The second-order valence-corrected chi connectivity index (χ2v) is 11.8. The maximum Gasteiger partial charge on any atom is 0.253 e. The van der Waals surface area contributed by atoms with Gasteiger partial charge in [0.15, 0.2) is 5.82 Å². The fourth-order valence-corrected chi connectivity index (χ4v) is 4.16.